The van der Waals surface area contributed by atoms with Gasteiger partial charge in [0.2, 0.25) is 5.78 Å². The van der Waals surface area contributed by atoms with E-state index in [1.807, 2.05) is 26.0 Å². The molecule has 0 N–H and O–H groups in total. The lowest BCUT2D eigenvalue weighted by molar-refractivity contribution is 0.0318. The molecule has 0 unspecified atom stereocenters. The van der Waals surface area contributed by atoms with Gasteiger partial charge in [-0.1, -0.05) is 48.0 Å². The lowest BCUT2D eigenvalue weighted by atomic mass is 10.1. The van der Waals surface area contributed by atoms with Crippen LogP contribution in [0.2, 0.25) is 0 Å². The number of ether oxygens (including phenoxy) is 1. The summed E-state index contributed by atoms with van der Waals surface area (Å²) in [6.07, 6.45) is -0.998. The minimum atomic E-state index is -0.998. The molecule has 0 saturated carbocycles. The van der Waals surface area contributed by atoms with E-state index in [2.05, 4.69) is 0 Å². The van der Waals surface area contributed by atoms with E-state index in [1.165, 1.54) is 25.1 Å². The smallest absolute Gasteiger partial charge is 0.338 e. The maximum absolute atomic E-state index is 13.0. The molecule has 0 aromatic heterocycles. The van der Waals surface area contributed by atoms with Crippen molar-refractivity contribution in [1.82, 2.24) is 0 Å². The Bertz CT molecular complexity index is 1260. The summed E-state index contributed by atoms with van der Waals surface area (Å²) in [6, 6.07) is 18.2. The van der Waals surface area contributed by atoms with Gasteiger partial charge < -0.3 is 4.74 Å². The molecule has 1 atom stereocenters. The molecule has 6 heteroatoms. The number of aryl methyl sites for hydroxylation is 2. The van der Waals surface area contributed by atoms with Crippen molar-refractivity contribution in [2.45, 2.75) is 26.9 Å². The zero-order valence-electron chi connectivity index (χ0n) is 17.9. The Balaban J connectivity index is 1.57. The van der Waals surface area contributed by atoms with E-state index in [4.69, 9.17) is 4.74 Å². The van der Waals surface area contributed by atoms with Crippen molar-refractivity contribution in [2.75, 3.05) is 4.90 Å². The molecule has 6 nitrogen and oxygen atoms in total. The second-order valence-corrected chi connectivity index (χ2v) is 7.77. The highest BCUT2D eigenvalue weighted by atomic mass is 16.5. The Morgan fingerprint density at radius 2 is 1.50 bits per heavy atom. The number of rotatable bonds is 5. The van der Waals surface area contributed by atoms with Gasteiger partial charge in [0.05, 0.1) is 22.4 Å². The van der Waals surface area contributed by atoms with E-state index in [1.54, 1.807) is 36.4 Å². The predicted molar refractivity (Wildman–Crippen MR) is 119 cm³/mol. The molecule has 0 radical (unpaired) electrons. The fraction of sp³-hybridized carbons (Fsp3) is 0.154. The van der Waals surface area contributed by atoms with E-state index in [9.17, 15) is 19.2 Å². The molecule has 0 aliphatic carbocycles. The van der Waals surface area contributed by atoms with Gasteiger partial charge in [-0.15, -0.1) is 0 Å². The topological polar surface area (TPSA) is 80.8 Å². The van der Waals surface area contributed by atoms with Crippen LogP contribution < -0.4 is 4.90 Å². The lowest BCUT2D eigenvalue weighted by Gasteiger charge is -2.16. The molecule has 1 aliphatic rings. The molecule has 1 aliphatic heterocycles. The molecule has 0 bridgehead atoms. The molecule has 0 fully saturated rings. The molecule has 160 valence electrons. The molecule has 0 spiro atoms. The number of esters is 1. The Morgan fingerprint density at radius 3 is 2.19 bits per heavy atom. The molecule has 0 saturated heterocycles. The van der Waals surface area contributed by atoms with Gasteiger partial charge >= 0.3 is 5.97 Å². The quantitative estimate of drug-likeness (QED) is 0.339. The van der Waals surface area contributed by atoms with Gasteiger partial charge in [0.25, 0.3) is 11.8 Å². The number of anilines is 1. The van der Waals surface area contributed by atoms with Gasteiger partial charge in [0.1, 0.15) is 0 Å². The molecular formula is C26H21NO5. The largest absolute Gasteiger partial charge is 0.451 e. The van der Waals surface area contributed by atoms with Crippen LogP contribution in [0.25, 0.3) is 0 Å². The lowest BCUT2D eigenvalue weighted by Crippen LogP contribution is -2.30. The number of hydrogen-bond acceptors (Lipinski definition) is 5. The van der Waals surface area contributed by atoms with Gasteiger partial charge in [-0.25, -0.2) is 9.69 Å². The highest BCUT2D eigenvalue weighted by molar-refractivity contribution is 6.35. The summed E-state index contributed by atoms with van der Waals surface area (Å²) >= 11 is 0. The second-order valence-electron chi connectivity index (χ2n) is 7.77. The van der Waals surface area contributed by atoms with Gasteiger partial charge in [0.15, 0.2) is 6.10 Å². The number of nitrogens with zero attached hydrogens (tertiary/aromatic N) is 1. The van der Waals surface area contributed by atoms with E-state index >= 15 is 0 Å². The van der Waals surface area contributed by atoms with Crippen molar-refractivity contribution < 1.29 is 23.9 Å². The molecule has 4 rings (SSSR count). The number of Topliss-reactive ketones (excluding diaryl/α,β-unsaturated/α-hetero) is 1. The number of amides is 2. The first-order valence-electron chi connectivity index (χ1n) is 10.2. The van der Waals surface area contributed by atoms with Gasteiger partial charge in [0, 0.05) is 5.56 Å². The van der Waals surface area contributed by atoms with Crippen molar-refractivity contribution >= 4 is 29.3 Å². The summed E-state index contributed by atoms with van der Waals surface area (Å²) in [5.74, 6) is -2.01. The standard InChI is InChI=1S/C26H21NO5/c1-15-9-12-22(16(2)13-15)27-24(29)20-11-10-19(14-21(20)25(27)30)26(31)32-17(3)23(28)18-7-5-4-6-8-18/h4-14,17H,1-3H3/t17-/m1/s1. The summed E-state index contributed by atoms with van der Waals surface area (Å²) in [5, 5.41) is 0. The first-order chi connectivity index (χ1) is 15.3. The van der Waals surface area contributed by atoms with Gasteiger partial charge in [-0.05, 0) is 50.6 Å². The minimum Gasteiger partial charge on any atom is -0.451 e. The Hall–Kier alpha value is -4.06. The third-order valence-electron chi connectivity index (χ3n) is 5.43. The minimum absolute atomic E-state index is 0.0973. The summed E-state index contributed by atoms with van der Waals surface area (Å²) in [7, 11) is 0. The summed E-state index contributed by atoms with van der Waals surface area (Å²) in [6.45, 7) is 5.26. The summed E-state index contributed by atoms with van der Waals surface area (Å²) in [5.41, 5.74) is 3.21. The average Bonchev–Trinajstić information content (AvgIpc) is 3.03. The third-order valence-corrected chi connectivity index (χ3v) is 5.43. The third kappa shape index (κ3) is 3.71. The number of fused-ring (bicyclic) bond motifs is 1. The van der Waals surface area contributed by atoms with E-state index in [-0.39, 0.29) is 22.5 Å². The summed E-state index contributed by atoms with van der Waals surface area (Å²) in [4.78, 5) is 52.2. The highest BCUT2D eigenvalue weighted by Gasteiger charge is 2.38. The van der Waals surface area contributed by atoms with Crippen LogP contribution in [-0.4, -0.2) is 29.7 Å². The number of carbonyl (C=O) groups is 4. The molecule has 3 aromatic carbocycles. The molecule has 3 aromatic rings. The van der Waals surface area contributed by atoms with Crippen molar-refractivity contribution in [3.8, 4) is 0 Å². The molecule has 1 heterocycles. The van der Waals surface area contributed by atoms with Gasteiger partial charge in [-0.2, -0.15) is 0 Å². The van der Waals surface area contributed by atoms with Crippen molar-refractivity contribution in [1.29, 1.82) is 0 Å². The van der Waals surface area contributed by atoms with E-state index in [0.717, 1.165) is 16.0 Å². The van der Waals surface area contributed by atoms with Crippen LogP contribution in [0.5, 0.6) is 0 Å². The number of hydrogen-bond donors (Lipinski definition) is 0. The average molecular weight is 427 g/mol. The highest BCUT2D eigenvalue weighted by Crippen LogP contribution is 2.31. The Morgan fingerprint density at radius 1 is 0.812 bits per heavy atom. The number of benzene rings is 3. The molecular weight excluding hydrogens is 406 g/mol. The van der Waals surface area contributed by atoms with Crippen LogP contribution in [-0.2, 0) is 4.74 Å². The maximum Gasteiger partial charge on any atom is 0.338 e. The van der Waals surface area contributed by atoms with Crippen LogP contribution in [0.3, 0.4) is 0 Å². The maximum atomic E-state index is 13.0. The van der Waals surface area contributed by atoms with Crippen LogP contribution >= 0.6 is 0 Å². The van der Waals surface area contributed by atoms with Crippen molar-refractivity contribution in [3.63, 3.8) is 0 Å². The predicted octanol–water partition coefficient (Wildman–Crippen LogP) is 4.53. The molecule has 32 heavy (non-hydrogen) atoms. The number of ketones is 1. The first-order valence-corrected chi connectivity index (χ1v) is 10.2. The van der Waals surface area contributed by atoms with Crippen LogP contribution in [0.1, 0.15) is 59.5 Å². The SMILES string of the molecule is Cc1ccc(N2C(=O)c3ccc(C(=O)O[C@H](C)C(=O)c4ccccc4)cc3C2=O)c(C)c1. The van der Waals surface area contributed by atoms with E-state index < -0.39 is 23.9 Å². The van der Waals surface area contributed by atoms with Crippen LogP contribution in [0.15, 0.2) is 66.7 Å². The fourth-order valence-corrected chi connectivity index (χ4v) is 3.76. The number of imide groups is 1. The zero-order chi connectivity index (χ0) is 23.0. The monoisotopic (exact) mass is 427 g/mol. The fourth-order valence-electron chi connectivity index (χ4n) is 3.76. The first kappa shape index (κ1) is 21.2. The normalized spacial score (nSPS) is 13.7. The van der Waals surface area contributed by atoms with Gasteiger partial charge in [-0.3, -0.25) is 14.4 Å². The Kier molecular flexibility index (Phi) is 5.45. The van der Waals surface area contributed by atoms with Crippen LogP contribution in [0, 0.1) is 13.8 Å². The van der Waals surface area contributed by atoms with Crippen LogP contribution in [0.4, 0.5) is 5.69 Å². The number of carbonyl (C=O) groups excluding carboxylic acids is 4. The second kappa shape index (κ2) is 8.23. The molecule has 2 amide bonds. The summed E-state index contributed by atoms with van der Waals surface area (Å²) < 4.78 is 5.32. The zero-order valence-corrected chi connectivity index (χ0v) is 17.9. The van der Waals surface area contributed by atoms with Crippen molar-refractivity contribution in [3.05, 3.63) is 100 Å². The Labute approximate surface area is 185 Å². The van der Waals surface area contributed by atoms with Crippen molar-refractivity contribution in [2.24, 2.45) is 0 Å². The van der Waals surface area contributed by atoms with E-state index in [0.29, 0.717) is 11.3 Å².